The average Bonchev–Trinajstić information content (AvgIpc) is 2.24. The van der Waals surface area contributed by atoms with Gasteiger partial charge in [-0.05, 0) is 59.5 Å². The minimum absolute atomic E-state index is 0.0243. The van der Waals surface area contributed by atoms with Gasteiger partial charge in [0.1, 0.15) is 0 Å². The normalized spacial score (nSPS) is 11.7. The fraction of sp³-hybridized carbons (Fsp3) is 0.500. The van der Waals surface area contributed by atoms with Crippen molar-refractivity contribution in [2.45, 2.75) is 32.1 Å². The Kier molecular flexibility index (Phi) is 6.70. The zero-order chi connectivity index (χ0) is 12.7. The fourth-order valence-electron chi connectivity index (χ4n) is 1.65. The summed E-state index contributed by atoms with van der Waals surface area (Å²) in [6, 6.07) is 8.47. The molecule has 3 nitrogen and oxygen atoms in total. The minimum atomic E-state index is -3.78. The SMILES string of the molecule is O=P(O)(O)CCCCCCc1ccc(I)cc1. The topological polar surface area (TPSA) is 57.5 Å². The van der Waals surface area contributed by atoms with E-state index in [2.05, 4.69) is 46.9 Å². The van der Waals surface area contributed by atoms with Crippen molar-refractivity contribution in [3.8, 4) is 0 Å². The van der Waals surface area contributed by atoms with Gasteiger partial charge in [0.25, 0.3) is 0 Å². The molecule has 0 aromatic heterocycles. The summed E-state index contributed by atoms with van der Waals surface area (Å²) >= 11 is 2.29. The van der Waals surface area contributed by atoms with Crippen LogP contribution in [-0.4, -0.2) is 15.9 Å². The van der Waals surface area contributed by atoms with E-state index in [1.165, 1.54) is 9.13 Å². The van der Waals surface area contributed by atoms with E-state index in [0.717, 1.165) is 25.7 Å². The summed E-state index contributed by atoms with van der Waals surface area (Å²) in [5, 5.41) is 0. The summed E-state index contributed by atoms with van der Waals surface area (Å²) < 4.78 is 11.9. The van der Waals surface area contributed by atoms with Gasteiger partial charge in [-0.3, -0.25) is 4.57 Å². The lowest BCUT2D eigenvalue weighted by Gasteiger charge is -2.04. The van der Waals surface area contributed by atoms with Gasteiger partial charge in [-0.1, -0.05) is 25.0 Å². The van der Waals surface area contributed by atoms with Crippen molar-refractivity contribution in [3.63, 3.8) is 0 Å². The van der Waals surface area contributed by atoms with Crippen LogP contribution in [-0.2, 0) is 11.0 Å². The van der Waals surface area contributed by atoms with Gasteiger partial charge >= 0.3 is 7.60 Å². The Morgan fingerprint density at radius 1 is 1.00 bits per heavy atom. The molecule has 2 N–H and O–H groups in total. The molecule has 0 unspecified atom stereocenters. The van der Waals surface area contributed by atoms with Crippen molar-refractivity contribution in [1.29, 1.82) is 0 Å². The van der Waals surface area contributed by atoms with Gasteiger partial charge in [-0.2, -0.15) is 0 Å². The molecule has 0 bridgehead atoms. The van der Waals surface area contributed by atoms with Crippen molar-refractivity contribution < 1.29 is 14.4 Å². The van der Waals surface area contributed by atoms with Crippen molar-refractivity contribution >= 4 is 30.2 Å². The molecule has 0 radical (unpaired) electrons. The first kappa shape index (κ1) is 15.2. The van der Waals surface area contributed by atoms with Crippen LogP contribution in [0.15, 0.2) is 24.3 Å². The quantitative estimate of drug-likeness (QED) is 0.440. The first-order valence-corrected chi connectivity index (χ1v) is 8.64. The number of unbranched alkanes of at least 4 members (excludes halogenated alkanes) is 3. The summed E-state index contributed by atoms with van der Waals surface area (Å²) in [6.45, 7) is 0. The predicted molar refractivity (Wildman–Crippen MR) is 78.2 cm³/mol. The molecule has 0 atom stereocenters. The second-order valence-corrected chi connectivity index (χ2v) is 7.20. The Morgan fingerprint density at radius 3 is 2.18 bits per heavy atom. The molecule has 17 heavy (non-hydrogen) atoms. The van der Waals surface area contributed by atoms with Gasteiger partial charge in [0.15, 0.2) is 0 Å². The van der Waals surface area contributed by atoms with E-state index in [0.29, 0.717) is 6.42 Å². The molecule has 0 aliphatic carbocycles. The molecule has 0 saturated heterocycles. The van der Waals surface area contributed by atoms with Crippen LogP contribution in [0, 0.1) is 3.57 Å². The molecule has 0 amide bonds. The number of aryl methyl sites for hydroxylation is 1. The third-order valence-corrected chi connectivity index (χ3v) is 4.20. The number of rotatable bonds is 7. The van der Waals surface area contributed by atoms with Gasteiger partial charge in [-0.25, -0.2) is 0 Å². The monoisotopic (exact) mass is 368 g/mol. The van der Waals surface area contributed by atoms with Crippen LogP contribution >= 0.6 is 30.2 Å². The average molecular weight is 368 g/mol. The van der Waals surface area contributed by atoms with Gasteiger partial charge < -0.3 is 9.79 Å². The smallest absolute Gasteiger partial charge is 0.324 e. The lowest BCUT2D eigenvalue weighted by Crippen LogP contribution is -1.90. The highest BCUT2D eigenvalue weighted by atomic mass is 127. The van der Waals surface area contributed by atoms with E-state index >= 15 is 0 Å². The van der Waals surface area contributed by atoms with Crippen LogP contribution in [0.3, 0.4) is 0 Å². The van der Waals surface area contributed by atoms with Crippen molar-refractivity contribution in [2.75, 3.05) is 6.16 Å². The Balaban J connectivity index is 2.08. The number of benzene rings is 1. The fourth-order valence-corrected chi connectivity index (χ4v) is 2.65. The van der Waals surface area contributed by atoms with Crippen LogP contribution in [0.4, 0.5) is 0 Å². The molecule has 0 fully saturated rings. The van der Waals surface area contributed by atoms with Gasteiger partial charge in [-0.15, -0.1) is 0 Å². The molecular weight excluding hydrogens is 350 g/mol. The third kappa shape index (κ3) is 7.92. The van der Waals surface area contributed by atoms with Crippen molar-refractivity contribution in [1.82, 2.24) is 0 Å². The Bertz CT molecular complexity index is 372. The number of hydrogen-bond donors (Lipinski definition) is 2. The second-order valence-electron chi connectivity index (χ2n) is 4.18. The molecule has 0 spiro atoms. The van der Waals surface area contributed by atoms with Crippen LogP contribution in [0.1, 0.15) is 31.2 Å². The number of halogens is 1. The first-order chi connectivity index (χ1) is 7.97. The lowest BCUT2D eigenvalue weighted by atomic mass is 10.1. The standard InChI is InChI=1S/C12H18IO3P/c13-12-8-6-11(7-9-12)5-3-1-2-4-10-17(14,15)16/h6-9H,1-5,10H2,(H2,14,15,16). The maximum absolute atomic E-state index is 10.6. The number of hydrogen-bond acceptors (Lipinski definition) is 1. The summed E-state index contributed by atoms with van der Waals surface area (Å²) in [5.41, 5.74) is 1.33. The van der Waals surface area contributed by atoms with E-state index in [4.69, 9.17) is 9.79 Å². The third-order valence-electron chi connectivity index (χ3n) is 2.58. The summed E-state index contributed by atoms with van der Waals surface area (Å²) in [6.07, 6.45) is 4.71. The molecule has 1 rings (SSSR count). The van der Waals surface area contributed by atoms with E-state index in [1.54, 1.807) is 0 Å². The van der Waals surface area contributed by atoms with E-state index in [-0.39, 0.29) is 6.16 Å². The maximum Gasteiger partial charge on any atom is 0.325 e. The summed E-state index contributed by atoms with van der Waals surface area (Å²) in [7, 11) is -3.78. The minimum Gasteiger partial charge on any atom is -0.324 e. The lowest BCUT2D eigenvalue weighted by molar-refractivity contribution is 0.370. The molecule has 0 heterocycles. The molecule has 1 aromatic carbocycles. The molecule has 0 aliphatic rings. The van der Waals surface area contributed by atoms with Gasteiger partial charge in [0.05, 0.1) is 0 Å². The first-order valence-electron chi connectivity index (χ1n) is 5.76. The highest BCUT2D eigenvalue weighted by Crippen LogP contribution is 2.35. The van der Waals surface area contributed by atoms with Crippen molar-refractivity contribution in [2.24, 2.45) is 0 Å². The Labute approximate surface area is 116 Å². The zero-order valence-electron chi connectivity index (χ0n) is 9.68. The molecule has 0 saturated carbocycles. The van der Waals surface area contributed by atoms with E-state index in [9.17, 15) is 4.57 Å². The molecule has 1 aromatic rings. The van der Waals surface area contributed by atoms with Crippen LogP contribution in [0.2, 0.25) is 0 Å². The van der Waals surface area contributed by atoms with Crippen LogP contribution in [0.25, 0.3) is 0 Å². The molecule has 5 heteroatoms. The van der Waals surface area contributed by atoms with E-state index in [1.807, 2.05) is 0 Å². The highest BCUT2D eigenvalue weighted by Gasteiger charge is 2.10. The van der Waals surface area contributed by atoms with Gasteiger partial charge in [0.2, 0.25) is 0 Å². The largest absolute Gasteiger partial charge is 0.325 e. The maximum atomic E-state index is 10.6. The Morgan fingerprint density at radius 2 is 1.59 bits per heavy atom. The van der Waals surface area contributed by atoms with Crippen molar-refractivity contribution in [3.05, 3.63) is 33.4 Å². The predicted octanol–water partition coefficient (Wildman–Crippen LogP) is 3.57. The highest BCUT2D eigenvalue weighted by molar-refractivity contribution is 14.1. The second kappa shape index (κ2) is 7.52. The van der Waals surface area contributed by atoms with E-state index < -0.39 is 7.60 Å². The summed E-state index contributed by atoms with van der Waals surface area (Å²) in [4.78, 5) is 17.4. The van der Waals surface area contributed by atoms with Crippen LogP contribution < -0.4 is 0 Å². The summed E-state index contributed by atoms with van der Waals surface area (Å²) in [5.74, 6) is 0. The molecular formula is C12H18IO3P. The molecule has 96 valence electrons. The van der Waals surface area contributed by atoms with Crippen LogP contribution in [0.5, 0.6) is 0 Å². The Hall–Kier alpha value is 0.1000. The zero-order valence-corrected chi connectivity index (χ0v) is 12.7. The van der Waals surface area contributed by atoms with Gasteiger partial charge in [0, 0.05) is 9.73 Å². The molecule has 0 aliphatic heterocycles.